The lowest BCUT2D eigenvalue weighted by atomic mass is 10.1. The molecule has 0 radical (unpaired) electrons. The summed E-state index contributed by atoms with van der Waals surface area (Å²) in [6, 6.07) is 6.30. The number of nitrogens with zero attached hydrogens (tertiary/aromatic N) is 2. The fraction of sp³-hybridized carbons (Fsp3) is 0.429. The predicted molar refractivity (Wildman–Crippen MR) is 68.1 cm³/mol. The Morgan fingerprint density at radius 3 is 3.00 bits per heavy atom. The largest absolute Gasteiger partial charge is 0.393 e. The maximum absolute atomic E-state index is 13.0. The molecule has 0 saturated heterocycles. The Kier molecular flexibility index (Phi) is 4.63. The third-order valence-electron chi connectivity index (χ3n) is 2.79. The normalized spacial score (nSPS) is 12.6. The van der Waals surface area contributed by atoms with E-state index in [1.807, 2.05) is 13.0 Å². The molecule has 4 nitrogen and oxygen atoms in total. The quantitative estimate of drug-likeness (QED) is 0.871. The zero-order chi connectivity index (χ0) is 13.7. The summed E-state index contributed by atoms with van der Waals surface area (Å²) in [6.45, 7) is 2.01. The summed E-state index contributed by atoms with van der Waals surface area (Å²) in [6.07, 6.45) is 1.95. The highest BCUT2D eigenvalue weighted by Crippen LogP contribution is 2.10. The molecule has 0 spiro atoms. The van der Waals surface area contributed by atoms with Gasteiger partial charge in [0.1, 0.15) is 5.82 Å². The molecule has 1 unspecified atom stereocenters. The Balaban J connectivity index is 1.97. The molecule has 0 aliphatic heterocycles. The fourth-order valence-electron chi connectivity index (χ4n) is 1.91. The summed E-state index contributed by atoms with van der Waals surface area (Å²) in [5, 5.41) is 13.5. The van der Waals surface area contributed by atoms with E-state index >= 15 is 0 Å². The van der Waals surface area contributed by atoms with Gasteiger partial charge in [-0.3, -0.25) is 0 Å². The molecule has 2 aromatic rings. The summed E-state index contributed by atoms with van der Waals surface area (Å²) >= 11 is 0. The summed E-state index contributed by atoms with van der Waals surface area (Å²) in [5.74, 6) is 0.649. The van der Waals surface area contributed by atoms with E-state index < -0.39 is 6.10 Å². The molecule has 1 N–H and O–H groups in total. The summed E-state index contributed by atoms with van der Waals surface area (Å²) in [5.41, 5.74) is 0.793. The van der Waals surface area contributed by atoms with Crippen molar-refractivity contribution in [2.45, 2.75) is 38.7 Å². The second-order valence-corrected chi connectivity index (χ2v) is 4.56. The van der Waals surface area contributed by atoms with E-state index in [0.717, 1.165) is 12.0 Å². The van der Waals surface area contributed by atoms with Crippen LogP contribution in [0, 0.1) is 5.82 Å². The van der Waals surface area contributed by atoms with E-state index in [-0.39, 0.29) is 5.82 Å². The zero-order valence-electron chi connectivity index (χ0n) is 10.8. The van der Waals surface area contributed by atoms with Crippen molar-refractivity contribution in [1.82, 2.24) is 10.1 Å². The predicted octanol–water partition coefficient (Wildman–Crippen LogP) is 2.50. The van der Waals surface area contributed by atoms with Gasteiger partial charge in [0.2, 0.25) is 5.89 Å². The first kappa shape index (κ1) is 13.7. The van der Waals surface area contributed by atoms with Gasteiger partial charge in [-0.1, -0.05) is 30.6 Å². The minimum atomic E-state index is -0.451. The van der Waals surface area contributed by atoms with E-state index in [0.29, 0.717) is 31.0 Å². The van der Waals surface area contributed by atoms with Gasteiger partial charge in [-0.05, 0) is 24.1 Å². The standard InChI is InChI=1S/C14H17FN2O2/c1-2-4-12(18)9-14-16-13(17-19-14)8-10-5-3-6-11(15)7-10/h3,5-7,12,18H,2,4,8-9H2,1H3. The van der Waals surface area contributed by atoms with Crippen molar-refractivity contribution in [2.24, 2.45) is 0 Å². The first-order chi connectivity index (χ1) is 9.17. The van der Waals surface area contributed by atoms with E-state index in [4.69, 9.17) is 4.52 Å². The maximum Gasteiger partial charge on any atom is 0.229 e. The van der Waals surface area contributed by atoms with Gasteiger partial charge in [-0.25, -0.2) is 4.39 Å². The molecule has 5 heteroatoms. The van der Waals surface area contributed by atoms with E-state index in [1.165, 1.54) is 12.1 Å². The average molecular weight is 264 g/mol. The van der Waals surface area contributed by atoms with Crippen molar-refractivity contribution in [3.05, 3.63) is 47.4 Å². The van der Waals surface area contributed by atoms with Crippen LogP contribution in [0.25, 0.3) is 0 Å². The minimum Gasteiger partial charge on any atom is -0.393 e. The number of hydrogen-bond acceptors (Lipinski definition) is 4. The maximum atomic E-state index is 13.0. The van der Waals surface area contributed by atoms with Crippen LogP contribution in [0.4, 0.5) is 4.39 Å². The summed E-state index contributed by atoms with van der Waals surface area (Å²) < 4.78 is 18.1. The van der Waals surface area contributed by atoms with Gasteiger partial charge in [0.05, 0.1) is 12.5 Å². The third kappa shape index (κ3) is 4.13. The second-order valence-electron chi connectivity index (χ2n) is 4.56. The zero-order valence-corrected chi connectivity index (χ0v) is 10.8. The molecule has 1 heterocycles. The average Bonchev–Trinajstić information content (AvgIpc) is 2.76. The monoisotopic (exact) mass is 264 g/mol. The molecular weight excluding hydrogens is 247 g/mol. The van der Waals surface area contributed by atoms with Gasteiger partial charge in [-0.2, -0.15) is 4.98 Å². The van der Waals surface area contributed by atoms with Crippen LogP contribution in [0.15, 0.2) is 28.8 Å². The number of aliphatic hydroxyl groups is 1. The summed E-state index contributed by atoms with van der Waals surface area (Å²) in [7, 11) is 0. The van der Waals surface area contributed by atoms with E-state index in [2.05, 4.69) is 10.1 Å². The second kappa shape index (κ2) is 6.43. The van der Waals surface area contributed by atoms with Crippen molar-refractivity contribution in [3.63, 3.8) is 0 Å². The number of rotatable bonds is 6. The third-order valence-corrected chi connectivity index (χ3v) is 2.79. The Hall–Kier alpha value is -1.75. The highest BCUT2D eigenvalue weighted by molar-refractivity contribution is 5.19. The molecule has 0 fully saturated rings. The van der Waals surface area contributed by atoms with Gasteiger partial charge in [0, 0.05) is 6.42 Å². The Morgan fingerprint density at radius 2 is 2.26 bits per heavy atom. The lowest BCUT2D eigenvalue weighted by Gasteiger charge is -2.03. The molecule has 1 atom stereocenters. The van der Waals surface area contributed by atoms with E-state index in [1.54, 1.807) is 6.07 Å². The Morgan fingerprint density at radius 1 is 1.42 bits per heavy atom. The van der Waals surface area contributed by atoms with Crippen molar-refractivity contribution < 1.29 is 14.0 Å². The molecule has 102 valence electrons. The number of aromatic nitrogens is 2. The molecule has 0 aliphatic rings. The highest BCUT2D eigenvalue weighted by Gasteiger charge is 2.12. The van der Waals surface area contributed by atoms with Crippen LogP contribution in [-0.2, 0) is 12.8 Å². The molecule has 0 bridgehead atoms. The SMILES string of the molecule is CCCC(O)Cc1nc(Cc2cccc(F)c2)no1. The van der Waals surface area contributed by atoms with Crippen LogP contribution in [0.5, 0.6) is 0 Å². The highest BCUT2D eigenvalue weighted by atomic mass is 19.1. The molecular formula is C14H17FN2O2. The molecule has 19 heavy (non-hydrogen) atoms. The van der Waals surface area contributed by atoms with Crippen LogP contribution < -0.4 is 0 Å². The van der Waals surface area contributed by atoms with Crippen molar-refractivity contribution in [1.29, 1.82) is 0 Å². The molecule has 1 aromatic heterocycles. The van der Waals surface area contributed by atoms with Crippen LogP contribution in [0.2, 0.25) is 0 Å². The van der Waals surface area contributed by atoms with Gasteiger partial charge in [0.15, 0.2) is 5.82 Å². The van der Waals surface area contributed by atoms with Crippen molar-refractivity contribution in [3.8, 4) is 0 Å². The molecule has 2 rings (SSSR count). The number of aliphatic hydroxyl groups excluding tert-OH is 1. The molecule has 0 aliphatic carbocycles. The van der Waals surface area contributed by atoms with Crippen LogP contribution in [-0.4, -0.2) is 21.4 Å². The topological polar surface area (TPSA) is 59.2 Å². The Bertz CT molecular complexity index is 528. The first-order valence-electron chi connectivity index (χ1n) is 6.41. The molecule has 0 amide bonds. The molecule has 1 aromatic carbocycles. The lowest BCUT2D eigenvalue weighted by Crippen LogP contribution is -2.09. The number of hydrogen-bond donors (Lipinski definition) is 1. The van der Waals surface area contributed by atoms with Crippen molar-refractivity contribution in [2.75, 3.05) is 0 Å². The van der Waals surface area contributed by atoms with Gasteiger partial charge < -0.3 is 9.63 Å². The fourth-order valence-corrected chi connectivity index (χ4v) is 1.91. The Labute approximate surface area is 111 Å². The van der Waals surface area contributed by atoms with Gasteiger partial charge in [-0.15, -0.1) is 0 Å². The van der Waals surface area contributed by atoms with Crippen LogP contribution >= 0.6 is 0 Å². The lowest BCUT2D eigenvalue weighted by molar-refractivity contribution is 0.151. The first-order valence-corrected chi connectivity index (χ1v) is 6.41. The number of benzene rings is 1. The van der Waals surface area contributed by atoms with Crippen molar-refractivity contribution >= 4 is 0 Å². The van der Waals surface area contributed by atoms with Gasteiger partial charge >= 0.3 is 0 Å². The smallest absolute Gasteiger partial charge is 0.229 e. The minimum absolute atomic E-state index is 0.278. The van der Waals surface area contributed by atoms with Gasteiger partial charge in [0.25, 0.3) is 0 Å². The van der Waals surface area contributed by atoms with Crippen LogP contribution in [0.1, 0.15) is 37.0 Å². The number of halogens is 1. The summed E-state index contributed by atoms with van der Waals surface area (Å²) in [4.78, 5) is 4.20. The van der Waals surface area contributed by atoms with E-state index in [9.17, 15) is 9.50 Å². The molecule has 0 saturated carbocycles. The van der Waals surface area contributed by atoms with Crippen LogP contribution in [0.3, 0.4) is 0 Å².